The maximum absolute atomic E-state index is 12.9. The largest absolute Gasteiger partial charge is 0.573 e. The molecule has 0 unspecified atom stereocenters. The van der Waals surface area contributed by atoms with E-state index in [-0.39, 0.29) is 35.1 Å². The third kappa shape index (κ3) is 5.71. The lowest BCUT2D eigenvalue weighted by molar-refractivity contribution is -0.274. The molecule has 0 saturated carbocycles. The molecule has 0 saturated heterocycles. The highest BCUT2D eigenvalue weighted by Crippen LogP contribution is 2.36. The second kappa shape index (κ2) is 9.65. The van der Waals surface area contributed by atoms with Gasteiger partial charge in [0, 0.05) is 42.0 Å². The number of carbonyl (C=O) groups excluding carboxylic acids is 1. The van der Waals surface area contributed by atoms with Crippen molar-refractivity contribution in [3.63, 3.8) is 0 Å². The van der Waals surface area contributed by atoms with Crippen molar-refractivity contribution in [2.45, 2.75) is 19.7 Å². The number of carbonyl (C=O) groups is 1. The Balaban J connectivity index is 1.61. The van der Waals surface area contributed by atoms with Crippen molar-refractivity contribution in [1.29, 1.82) is 0 Å². The summed E-state index contributed by atoms with van der Waals surface area (Å²) in [5.41, 5.74) is 1.74. The summed E-state index contributed by atoms with van der Waals surface area (Å²) in [7, 11) is 0. The van der Waals surface area contributed by atoms with Gasteiger partial charge in [-0.2, -0.15) is 0 Å². The molecule has 4 rings (SSSR count). The van der Waals surface area contributed by atoms with Crippen molar-refractivity contribution in [1.82, 2.24) is 19.9 Å². The summed E-state index contributed by atoms with van der Waals surface area (Å²) in [6.07, 6.45) is 2.34. The number of aryl methyl sites for hydroxylation is 1. The summed E-state index contributed by atoms with van der Waals surface area (Å²) in [6, 6.07) is 10.5. The Bertz CT molecular complexity index is 1300. The monoisotopic (exact) mass is 466 g/mol. The Morgan fingerprint density at radius 2 is 1.82 bits per heavy atom. The van der Waals surface area contributed by atoms with Crippen molar-refractivity contribution in [3.8, 4) is 28.6 Å². The first kappa shape index (κ1) is 22.8. The van der Waals surface area contributed by atoms with Gasteiger partial charge in [0.1, 0.15) is 11.5 Å². The zero-order chi connectivity index (χ0) is 24.1. The van der Waals surface area contributed by atoms with Gasteiger partial charge >= 0.3 is 6.36 Å². The van der Waals surface area contributed by atoms with Crippen LogP contribution in [0.25, 0.3) is 11.3 Å². The highest BCUT2D eigenvalue weighted by atomic mass is 19.4. The number of hydrogen-bond donors (Lipinski definition) is 0. The fourth-order valence-corrected chi connectivity index (χ4v) is 3.15. The quantitative estimate of drug-likeness (QED) is 0.339. The fourth-order valence-electron chi connectivity index (χ4n) is 3.15. The van der Waals surface area contributed by atoms with E-state index in [9.17, 15) is 18.0 Å². The molecule has 0 radical (unpaired) electrons. The van der Waals surface area contributed by atoms with E-state index in [1.165, 1.54) is 36.9 Å². The Morgan fingerprint density at radius 1 is 0.971 bits per heavy atom. The highest BCUT2D eigenvalue weighted by molar-refractivity contribution is 5.98. The molecule has 0 atom stereocenters. The van der Waals surface area contributed by atoms with Crippen LogP contribution in [0, 0.1) is 6.92 Å². The number of Topliss-reactive ketones (excluding diaryl/α,β-unsaturated/α-hetero) is 1. The summed E-state index contributed by atoms with van der Waals surface area (Å²) in [4.78, 5) is 29.0. The molecule has 0 aliphatic rings. The highest BCUT2D eigenvalue weighted by Gasteiger charge is 2.32. The van der Waals surface area contributed by atoms with Crippen molar-refractivity contribution in [2.24, 2.45) is 0 Å². The number of alkyl halides is 3. The van der Waals surface area contributed by atoms with Crippen molar-refractivity contribution < 1.29 is 27.4 Å². The number of nitrogens with zero attached hydrogens (tertiary/aromatic N) is 4. The van der Waals surface area contributed by atoms with Crippen LogP contribution in [0.15, 0.2) is 73.4 Å². The molecular formula is C24H17F3N4O3. The number of aromatic nitrogens is 4. The van der Waals surface area contributed by atoms with Crippen LogP contribution < -0.4 is 9.47 Å². The minimum atomic E-state index is -4.90. The first-order chi connectivity index (χ1) is 16.3. The average Bonchev–Trinajstić information content (AvgIpc) is 2.81. The molecular weight excluding hydrogens is 449 g/mol. The lowest BCUT2D eigenvalue weighted by atomic mass is 10.0. The molecule has 0 bridgehead atoms. The number of benzene rings is 1. The van der Waals surface area contributed by atoms with E-state index in [2.05, 4.69) is 24.7 Å². The third-order valence-electron chi connectivity index (χ3n) is 4.68. The molecule has 10 heteroatoms. The van der Waals surface area contributed by atoms with Gasteiger partial charge in [-0.15, -0.1) is 13.2 Å². The van der Waals surface area contributed by atoms with Crippen molar-refractivity contribution in [2.75, 3.05) is 0 Å². The molecule has 0 spiro atoms. The van der Waals surface area contributed by atoms with E-state index < -0.39 is 12.1 Å². The van der Waals surface area contributed by atoms with Crippen LogP contribution in [0.4, 0.5) is 13.2 Å². The van der Waals surface area contributed by atoms with E-state index in [1.807, 2.05) is 0 Å². The number of halogens is 3. The molecule has 172 valence electrons. The van der Waals surface area contributed by atoms with Gasteiger partial charge in [-0.25, -0.2) is 4.98 Å². The van der Waals surface area contributed by atoms with Crippen LogP contribution >= 0.6 is 0 Å². The molecule has 4 aromatic rings. The maximum Gasteiger partial charge on any atom is 0.573 e. The molecule has 3 heterocycles. The summed E-state index contributed by atoms with van der Waals surface area (Å²) in [5, 5.41) is 0. The van der Waals surface area contributed by atoms with Gasteiger partial charge in [0.15, 0.2) is 5.78 Å². The first-order valence-electron chi connectivity index (χ1n) is 10.0. The summed E-state index contributed by atoms with van der Waals surface area (Å²) in [6.45, 7) is 1.78. The van der Waals surface area contributed by atoms with Crippen LogP contribution in [0.3, 0.4) is 0 Å². The van der Waals surface area contributed by atoms with E-state index in [0.29, 0.717) is 11.3 Å². The Labute approximate surface area is 192 Å². The smallest absolute Gasteiger partial charge is 0.439 e. The topological polar surface area (TPSA) is 87.1 Å². The van der Waals surface area contributed by atoms with Crippen molar-refractivity contribution in [3.05, 3.63) is 90.3 Å². The standard InChI is InChI=1S/C24H17F3N4O3/c1-15-12-28-9-7-18(15)21(32)10-16-13-31-20(14-30-16)19-11-17(33-23-4-2-3-8-29-23)5-6-22(19)34-24(25,26)27/h2-9,11-14H,10H2,1H3. The van der Waals surface area contributed by atoms with Gasteiger partial charge in [0.2, 0.25) is 5.88 Å². The SMILES string of the molecule is Cc1cnccc1C(=O)Cc1cnc(-c2cc(Oc3ccccn3)ccc2OC(F)(F)F)cn1. The van der Waals surface area contributed by atoms with Gasteiger partial charge in [-0.1, -0.05) is 6.07 Å². The van der Waals surface area contributed by atoms with Crippen LogP contribution in [0.5, 0.6) is 17.4 Å². The fraction of sp³-hybridized carbons (Fsp3) is 0.125. The summed E-state index contributed by atoms with van der Waals surface area (Å²) in [5.74, 6) is -0.137. The molecule has 1 aromatic carbocycles. The van der Waals surface area contributed by atoms with Crippen LogP contribution in [-0.4, -0.2) is 32.1 Å². The Kier molecular flexibility index (Phi) is 6.48. The molecule has 0 fully saturated rings. The average molecular weight is 466 g/mol. The van der Waals surface area contributed by atoms with E-state index in [4.69, 9.17) is 4.74 Å². The number of ketones is 1. The van der Waals surface area contributed by atoms with E-state index in [1.54, 1.807) is 37.4 Å². The van der Waals surface area contributed by atoms with Crippen molar-refractivity contribution >= 4 is 5.78 Å². The van der Waals surface area contributed by atoms with Gasteiger partial charge in [0.25, 0.3) is 0 Å². The minimum absolute atomic E-state index is 0.0149. The molecule has 3 aromatic heterocycles. The predicted octanol–water partition coefficient (Wildman–Crippen LogP) is 5.36. The molecule has 0 amide bonds. The number of hydrogen-bond acceptors (Lipinski definition) is 7. The maximum atomic E-state index is 12.9. The Morgan fingerprint density at radius 3 is 2.50 bits per heavy atom. The molecule has 0 aliphatic heterocycles. The van der Waals surface area contributed by atoms with Gasteiger partial charge in [0.05, 0.1) is 24.0 Å². The number of rotatable bonds is 7. The second-order valence-corrected chi connectivity index (χ2v) is 7.16. The van der Waals surface area contributed by atoms with Crippen LogP contribution in [0.1, 0.15) is 21.6 Å². The molecule has 34 heavy (non-hydrogen) atoms. The third-order valence-corrected chi connectivity index (χ3v) is 4.68. The first-order valence-corrected chi connectivity index (χ1v) is 10.0. The lowest BCUT2D eigenvalue weighted by Crippen LogP contribution is -2.17. The second-order valence-electron chi connectivity index (χ2n) is 7.16. The summed E-state index contributed by atoms with van der Waals surface area (Å²) < 4.78 is 48.6. The molecule has 7 nitrogen and oxygen atoms in total. The normalized spacial score (nSPS) is 11.2. The molecule has 0 aliphatic carbocycles. The van der Waals surface area contributed by atoms with Gasteiger partial charge < -0.3 is 9.47 Å². The van der Waals surface area contributed by atoms with Crippen LogP contribution in [0.2, 0.25) is 0 Å². The summed E-state index contributed by atoms with van der Waals surface area (Å²) >= 11 is 0. The van der Waals surface area contributed by atoms with Crippen LogP contribution in [-0.2, 0) is 6.42 Å². The minimum Gasteiger partial charge on any atom is -0.439 e. The predicted molar refractivity (Wildman–Crippen MR) is 115 cm³/mol. The van der Waals surface area contributed by atoms with E-state index in [0.717, 1.165) is 11.6 Å². The lowest BCUT2D eigenvalue weighted by Gasteiger charge is -2.14. The zero-order valence-corrected chi connectivity index (χ0v) is 17.8. The van der Waals surface area contributed by atoms with E-state index >= 15 is 0 Å². The number of pyridine rings is 2. The Hall–Kier alpha value is -4.34. The zero-order valence-electron chi connectivity index (χ0n) is 17.8. The van der Waals surface area contributed by atoms with Gasteiger partial charge in [-0.05, 0) is 42.8 Å². The molecule has 0 N–H and O–H groups in total. The number of ether oxygens (including phenoxy) is 2. The van der Waals surface area contributed by atoms with Gasteiger partial charge in [-0.3, -0.25) is 19.7 Å².